The monoisotopic (exact) mass is 137 g/mol. The average Bonchev–Trinajstić information content (AvgIpc) is 1.95. The number of aromatic nitrogens is 2. The summed E-state index contributed by atoms with van der Waals surface area (Å²) in [6, 6.07) is 0. The summed E-state index contributed by atoms with van der Waals surface area (Å²) in [5.41, 5.74) is 2.37. The Morgan fingerprint density at radius 1 is 1.50 bits per heavy atom. The van der Waals surface area contributed by atoms with Gasteiger partial charge in [-0.25, -0.2) is 4.98 Å². The molecule has 54 valence electrons. The lowest BCUT2D eigenvalue weighted by molar-refractivity contribution is -0.700. The zero-order valence-corrected chi connectivity index (χ0v) is 6.76. The summed E-state index contributed by atoms with van der Waals surface area (Å²) in [7, 11) is 0. The van der Waals surface area contributed by atoms with Crippen LogP contribution in [0.15, 0.2) is 12.4 Å². The van der Waals surface area contributed by atoms with Gasteiger partial charge in [0.25, 0.3) is 0 Å². The second-order valence-corrected chi connectivity index (χ2v) is 2.38. The summed E-state index contributed by atoms with van der Waals surface area (Å²) in [5.74, 6) is 0. The van der Waals surface area contributed by atoms with E-state index >= 15 is 0 Å². The van der Waals surface area contributed by atoms with Gasteiger partial charge in [-0.1, -0.05) is 0 Å². The van der Waals surface area contributed by atoms with Crippen LogP contribution in [0.1, 0.15) is 18.3 Å². The molecule has 0 amide bonds. The van der Waals surface area contributed by atoms with Crippen molar-refractivity contribution in [2.24, 2.45) is 0 Å². The predicted molar refractivity (Wildman–Crippen MR) is 39.6 cm³/mol. The normalized spacial score (nSPS) is 9.90. The Morgan fingerprint density at radius 2 is 2.20 bits per heavy atom. The molecule has 0 unspecified atom stereocenters. The SMILES string of the molecule is CC[n+]1ccnc(C)c1C. The minimum absolute atomic E-state index is 1.02. The van der Waals surface area contributed by atoms with Crippen LogP contribution in [0.3, 0.4) is 0 Å². The Balaban J connectivity index is 3.14. The maximum Gasteiger partial charge on any atom is 0.199 e. The van der Waals surface area contributed by atoms with Gasteiger partial charge in [0.15, 0.2) is 11.9 Å². The summed E-state index contributed by atoms with van der Waals surface area (Å²) in [6.07, 6.45) is 3.84. The second kappa shape index (κ2) is 2.78. The Morgan fingerprint density at radius 3 is 2.70 bits per heavy atom. The molecule has 2 heteroatoms. The van der Waals surface area contributed by atoms with Crippen LogP contribution in [0, 0.1) is 13.8 Å². The topological polar surface area (TPSA) is 16.8 Å². The molecule has 1 rings (SSSR count). The minimum atomic E-state index is 1.02. The molecule has 0 bridgehead atoms. The second-order valence-electron chi connectivity index (χ2n) is 2.38. The van der Waals surface area contributed by atoms with Crippen LogP contribution in [-0.4, -0.2) is 4.98 Å². The standard InChI is InChI=1S/C8H13N2/c1-4-10-6-5-9-7(2)8(10)3/h5-6H,4H2,1-3H3/q+1. The summed E-state index contributed by atoms with van der Waals surface area (Å²) >= 11 is 0. The van der Waals surface area contributed by atoms with Crippen LogP contribution < -0.4 is 4.57 Å². The van der Waals surface area contributed by atoms with Gasteiger partial charge in [-0.3, -0.25) is 0 Å². The van der Waals surface area contributed by atoms with Gasteiger partial charge < -0.3 is 0 Å². The third-order valence-corrected chi connectivity index (χ3v) is 1.81. The van der Waals surface area contributed by atoms with Crippen molar-refractivity contribution in [1.82, 2.24) is 4.98 Å². The zero-order valence-electron chi connectivity index (χ0n) is 6.76. The number of hydrogen-bond acceptors (Lipinski definition) is 1. The fraction of sp³-hybridized carbons (Fsp3) is 0.500. The lowest BCUT2D eigenvalue weighted by atomic mass is 10.3. The van der Waals surface area contributed by atoms with Crippen molar-refractivity contribution in [2.75, 3.05) is 0 Å². The molecule has 1 heterocycles. The molecule has 0 N–H and O–H groups in total. The summed E-state index contributed by atoms with van der Waals surface area (Å²) in [4.78, 5) is 4.17. The summed E-state index contributed by atoms with van der Waals surface area (Å²) in [6.45, 7) is 7.27. The van der Waals surface area contributed by atoms with Crippen LogP contribution in [0.25, 0.3) is 0 Å². The van der Waals surface area contributed by atoms with Gasteiger partial charge in [0.2, 0.25) is 0 Å². The highest BCUT2D eigenvalue weighted by Crippen LogP contribution is 1.92. The maximum atomic E-state index is 4.17. The van der Waals surface area contributed by atoms with Crippen LogP contribution >= 0.6 is 0 Å². The smallest absolute Gasteiger partial charge is 0.199 e. The van der Waals surface area contributed by atoms with E-state index in [1.54, 1.807) is 0 Å². The molecule has 0 atom stereocenters. The molecule has 0 aliphatic rings. The van der Waals surface area contributed by atoms with Crippen LogP contribution in [0.2, 0.25) is 0 Å². The van der Waals surface area contributed by atoms with Gasteiger partial charge >= 0.3 is 0 Å². The van der Waals surface area contributed by atoms with Crippen molar-refractivity contribution in [3.63, 3.8) is 0 Å². The number of nitrogens with zero attached hydrogens (tertiary/aromatic N) is 2. The van der Waals surface area contributed by atoms with Crippen molar-refractivity contribution in [1.29, 1.82) is 0 Å². The van der Waals surface area contributed by atoms with Gasteiger partial charge in [-0.15, -0.1) is 0 Å². The highest BCUT2D eigenvalue weighted by atomic mass is 15.0. The molecule has 0 saturated carbocycles. The van der Waals surface area contributed by atoms with Gasteiger partial charge in [0, 0.05) is 6.92 Å². The van der Waals surface area contributed by atoms with Gasteiger partial charge in [0.1, 0.15) is 12.2 Å². The third-order valence-electron chi connectivity index (χ3n) is 1.81. The lowest BCUT2D eigenvalue weighted by Gasteiger charge is -1.97. The van der Waals surface area contributed by atoms with E-state index in [1.165, 1.54) is 5.69 Å². The maximum absolute atomic E-state index is 4.17. The number of rotatable bonds is 1. The van der Waals surface area contributed by atoms with Crippen molar-refractivity contribution < 1.29 is 4.57 Å². The molecular weight excluding hydrogens is 124 g/mol. The van der Waals surface area contributed by atoms with Gasteiger partial charge in [-0.2, -0.15) is 4.57 Å². The van der Waals surface area contributed by atoms with E-state index in [0.717, 1.165) is 12.2 Å². The number of aryl methyl sites for hydroxylation is 2. The molecule has 0 fully saturated rings. The van der Waals surface area contributed by atoms with Gasteiger partial charge in [0.05, 0.1) is 6.20 Å². The van der Waals surface area contributed by atoms with E-state index in [1.807, 2.05) is 19.3 Å². The molecule has 0 spiro atoms. The predicted octanol–water partition coefficient (Wildman–Crippen LogP) is 1.01. The Labute approximate surface area is 61.5 Å². The molecule has 2 nitrogen and oxygen atoms in total. The van der Waals surface area contributed by atoms with Crippen molar-refractivity contribution >= 4 is 0 Å². The van der Waals surface area contributed by atoms with Gasteiger partial charge in [-0.05, 0) is 13.8 Å². The van der Waals surface area contributed by atoms with Crippen LogP contribution in [0.5, 0.6) is 0 Å². The van der Waals surface area contributed by atoms with E-state index in [0.29, 0.717) is 0 Å². The van der Waals surface area contributed by atoms with E-state index in [9.17, 15) is 0 Å². The number of hydrogen-bond donors (Lipinski definition) is 0. The molecule has 10 heavy (non-hydrogen) atoms. The average molecular weight is 137 g/mol. The van der Waals surface area contributed by atoms with E-state index in [4.69, 9.17) is 0 Å². The Bertz CT molecular complexity index is 231. The first kappa shape index (κ1) is 7.19. The minimum Gasteiger partial charge on any atom is -0.249 e. The first-order chi connectivity index (χ1) is 4.75. The van der Waals surface area contributed by atoms with E-state index < -0.39 is 0 Å². The van der Waals surface area contributed by atoms with E-state index in [2.05, 4.69) is 23.4 Å². The largest absolute Gasteiger partial charge is 0.249 e. The molecule has 0 saturated heterocycles. The Hall–Kier alpha value is -0.920. The highest BCUT2D eigenvalue weighted by molar-refractivity contribution is 4.98. The van der Waals surface area contributed by atoms with Crippen LogP contribution in [-0.2, 0) is 6.54 Å². The molecular formula is C8H13N2+. The quantitative estimate of drug-likeness (QED) is 0.528. The molecule has 1 aromatic heterocycles. The molecule has 0 radical (unpaired) electrons. The fourth-order valence-corrected chi connectivity index (χ4v) is 0.981. The van der Waals surface area contributed by atoms with Crippen LogP contribution in [0.4, 0.5) is 0 Å². The summed E-state index contributed by atoms with van der Waals surface area (Å²) < 4.78 is 2.18. The molecule has 0 aromatic carbocycles. The summed E-state index contributed by atoms with van der Waals surface area (Å²) in [5, 5.41) is 0. The van der Waals surface area contributed by atoms with Crippen molar-refractivity contribution in [2.45, 2.75) is 27.3 Å². The molecule has 0 aliphatic heterocycles. The highest BCUT2D eigenvalue weighted by Gasteiger charge is 2.04. The molecule has 0 aliphatic carbocycles. The fourth-order valence-electron chi connectivity index (χ4n) is 0.981. The van der Waals surface area contributed by atoms with E-state index in [-0.39, 0.29) is 0 Å². The van der Waals surface area contributed by atoms with Crippen molar-refractivity contribution in [3.05, 3.63) is 23.8 Å². The first-order valence-corrected chi connectivity index (χ1v) is 3.57. The zero-order chi connectivity index (χ0) is 7.56. The molecule has 1 aromatic rings. The first-order valence-electron chi connectivity index (χ1n) is 3.57. The third kappa shape index (κ3) is 1.15. The Kier molecular flexibility index (Phi) is 2.00. The lowest BCUT2D eigenvalue weighted by Crippen LogP contribution is -2.36. The van der Waals surface area contributed by atoms with Crippen molar-refractivity contribution in [3.8, 4) is 0 Å².